The molecule has 1 amide bonds. The molecule has 0 unspecified atom stereocenters. The summed E-state index contributed by atoms with van der Waals surface area (Å²) in [5.41, 5.74) is 0.295. The number of carbonyl (C=O) groups excluding carboxylic acids is 1. The van der Waals surface area contributed by atoms with E-state index in [0.29, 0.717) is 16.2 Å². The van der Waals surface area contributed by atoms with E-state index in [4.69, 9.17) is 0 Å². The van der Waals surface area contributed by atoms with Gasteiger partial charge in [-0.3, -0.25) is 4.79 Å². The van der Waals surface area contributed by atoms with E-state index < -0.39 is 23.7 Å². The summed E-state index contributed by atoms with van der Waals surface area (Å²) < 4.78 is 50.7. The lowest BCUT2D eigenvalue weighted by atomic mass is 10.2. The van der Waals surface area contributed by atoms with Gasteiger partial charge in [-0.2, -0.15) is 13.2 Å². The van der Waals surface area contributed by atoms with E-state index in [2.05, 4.69) is 21.2 Å². The van der Waals surface area contributed by atoms with E-state index >= 15 is 0 Å². The number of amides is 1. The fourth-order valence-corrected chi connectivity index (χ4v) is 2.91. The number of anilines is 1. The maximum atomic E-state index is 13.2. The first-order valence-corrected chi connectivity index (χ1v) is 8.09. The molecule has 1 N–H and O–H groups in total. The van der Waals surface area contributed by atoms with Gasteiger partial charge in [-0.1, -0.05) is 12.1 Å². The maximum absolute atomic E-state index is 13.2. The first kappa shape index (κ1) is 17.8. The zero-order valence-corrected chi connectivity index (χ0v) is 13.9. The van der Waals surface area contributed by atoms with Crippen LogP contribution in [0, 0.1) is 5.82 Å². The summed E-state index contributed by atoms with van der Waals surface area (Å²) in [6.45, 7) is 0. The van der Waals surface area contributed by atoms with Crippen molar-refractivity contribution in [2.45, 2.75) is 11.1 Å². The maximum Gasteiger partial charge on any atom is 0.398 e. The summed E-state index contributed by atoms with van der Waals surface area (Å²) in [6.07, 6.45) is -4.31. The van der Waals surface area contributed by atoms with Gasteiger partial charge in [0.2, 0.25) is 0 Å². The molecule has 2 aromatic carbocycles. The molecule has 23 heavy (non-hydrogen) atoms. The highest BCUT2D eigenvalue weighted by molar-refractivity contribution is 9.10. The molecule has 2 aromatic rings. The fourth-order valence-electron chi connectivity index (χ4n) is 1.72. The number of alkyl halides is 3. The second-order valence-electron chi connectivity index (χ2n) is 4.48. The molecule has 0 bridgehead atoms. The van der Waals surface area contributed by atoms with Crippen LogP contribution in [0.25, 0.3) is 0 Å². The van der Waals surface area contributed by atoms with Crippen LogP contribution in [0.15, 0.2) is 51.8 Å². The van der Waals surface area contributed by atoms with Crippen molar-refractivity contribution in [2.24, 2.45) is 0 Å². The van der Waals surface area contributed by atoms with Crippen LogP contribution in [0.1, 0.15) is 10.4 Å². The first-order chi connectivity index (χ1) is 10.8. The molecule has 8 heteroatoms. The Morgan fingerprint density at radius 1 is 1.17 bits per heavy atom. The Bertz CT molecular complexity index is 721. The second kappa shape index (κ2) is 7.35. The molecule has 0 saturated carbocycles. The Kier molecular flexibility index (Phi) is 5.69. The first-order valence-electron chi connectivity index (χ1n) is 6.31. The SMILES string of the molecule is O=C(Nc1ccccc1SCC(F)(F)F)c1cc(F)ccc1Br. The molecular weight excluding hydrogens is 398 g/mol. The van der Waals surface area contributed by atoms with Crippen LogP contribution < -0.4 is 5.32 Å². The van der Waals surface area contributed by atoms with Crippen molar-refractivity contribution in [3.8, 4) is 0 Å². The molecule has 0 atom stereocenters. The van der Waals surface area contributed by atoms with E-state index in [1.54, 1.807) is 12.1 Å². The average Bonchev–Trinajstić information content (AvgIpc) is 2.48. The van der Waals surface area contributed by atoms with E-state index in [1.807, 2.05) is 0 Å². The van der Waals surface area contributed by atoms with Crippen molar-refractivity contribution in [2.75, 3.05) is 11.1 Å². The third kappa shape index (κ3) is 5.24. The van der Waals surface area contributed by atoms with E-state index in [-0.39, 0.29) is 16.1 Å². The predicted molar refractivity (Wildman–Crippen MR) is 85.3 cm³/mol. The Hall–Kier alpha value is -1.54. The van der Waals surface area contributed by atoms with Crippen molar-refractivity contribution >= 4 is 39.3 Å². The lowest BCUT2D eigenvalue weighted by Crippen LogP contribution is -2.14. The van der Waals surface area contributed by atoms with Crippen molar-refractivity contribution in [1.82, 2.24) is 0 Å². The number of thioether (sulfide) groups is 1. The fraction of sp³-hybridized carbons (Fsp3) is 0.133. The van der Waals surface area contributed by atoms with Crippen LogP contribution in [0.5, 0.6) is 0 Å². The molecule has 0 aromatic heterocycles. The van der Waals surface area contributed by atoms with Gasteiger partial charge in [0.05, 0.1) is 17.0 Å². The summed E-state index contributed by atoms with van der Waals surface area (Å²) >= 11 is 3.71. The van der Waals surface area contributed by atoms with Crippen molar-refractivity contribution in [3.63, 3.8) is 0 Å². The molecule has 2 rings (SSSR count). The van der Waals surface area contributed by atoms with Gasteiger partial charge in [0.15, 0.2) is 0 Å². The number of hydrogen-bond donors (Lipinski definition) is 1. The van der Waals surface area contributed by atoms with Gasteiger partial charge in [-0.25, -0.2) is 4.39 Å². The van der Waals surface area contributed by atoms with Crippen molar-refractivity contribution < 1.29 is 22.4 Å². The largest absolute Gasteiger partial charge is 0.398 e. The Labute approximate surface area is 142 Å². The topological polar surface area (TPSA) is 29.1 Å². The standard InChI is InChI=1S/C15H10BrF4NOS/c16-11-6-5-9(17)7-10(11)14(22)21-12-3-1-2-4-13(12)23-8-15(18,19)20/h1-7H,8H2,(H,21,22). The normalized spacial score (nSPS) is 11.3. The van der Waals surface area contributed by atoms with Gasteiger partial charge >= 0.3 is 6.18 Å². The van der Waals surface area contributed by atoms with Crippen molar-refractivity contribution in [3.05, 3.63) is 58.3 Å². The number of nitrogens with one attached hydrogen (secondary N) is 1. The Morgan fingerprint density at radius 2 is 1.87 bits per heavy atom. The minimum Gasteiger partial charge on any atom is -0.321 e. The average molecular weight is 408 g/mol. The molecular formula is C15H10BrF4NOS. The summed E-state index contributed by atoms with van der Waals surface area (Å²) in [6, 6.07) is 9.75. The van der Waals surface area contributed by atoms with E-state index in [9.17, 15) is 22.4 Å². The molecule has 2 nitrogen and oxygen atoms in total. The third-order valence-electron chi connectivity index (χ3n) is 2.70. The molecule has 0 saturated heterocycles. The number of halogens is 5. The van der Waals surface area contributed by atoms with Gasteiger partial charge in [0.1, 0.15) is 5.82 Å². The van der Waals surface area contributed by atoms with Gasteiger partial charge in [0.25, 0.3) is 5.91 Å². The third-order valence-corrected chi connectivity index (χ3v) is 4.53. The number of benzene rings is 2. The van der Waals surface area contributed by atoms with E-state index in [0.717, 1.165) is 6.07 Å². The highest BCUT2D eigenvalue weighted by Crippen LogP contribution is 2.32. The molecule has 0 spiro atoms. The van der Waals surface area contributed by atoms with Crippen molar-refractivity contribution in [1.29, 1.82) is 0 Å². The van der Waals surface area contributed by atoms with Crippen LogP contribution in [-0.4, -0.2) is 17.8 Å². The van der Waals surface area contributed by atoms with Crippen LogP contribution in [0.2, 0.25) is 0 Å². The number of para-hydroxylation sites is 1. The van der Waals surface area contributed by atoms with Gasteiger partial charge < -0.3 is 5.32 Å². The smallest absolute Gasteiger partial charge is 0.321 e. The number of carbonyl (C=O) groups is 1. The van der Waals surface area contributed by atoms with Gasteiger partial charge in [-0.15, -0.1) is 11.8 Å². The molecule has 0 heterocycles. The highest BCUT2D eigenvalue weighted by atomic mass is 79.9. The lowest BCUT2D eigenvalue weighted by molar-refractivity contribution is -0.105. The molecule has 0 aliphatic heterocycles. The molecule has 0 radical (unpaired) electrons. The van der Waals surface area contributed by atoms with Gasteiger partial charge in [-0.05, 0) is 46.3 Å². The van der Waals surface area contributed by atoms with Gasteiger partial charge in [0, 0.05) is 9.37 Å². The van der Waals surface area contributed by atoms with Crippen LogP contribution in [0.4, 0.5) is 23.2 Å². The van der Waals surface area contributed by atoms with Crippen LogP contribution in [-0.2, 0) is 0 Å². The molecule has 0 aliphatic rings. The lowest BCUT2D eigenvalue weighted by Gasteiger charge is -2.12. The molecule has 0 aliphatic carbocycles. The Balaban J connectivity index is 2.19. The monoisotopic (exact) mass is 407 g/mol. The quantitative estimate of drug-likeness (QED) is 0.535. The molecule has 122 valence electrons. The minimum absolute atomic E-state index is 0.0561. The highest BCUT2D eigenvalue weighted by Gasteiger charge is 2.27. The molecule has 0 fully saturated rings. The summed E-state index contributed by atoms with van der Waals surface area (Å²) in [7, 11) is 0. The van der Waals surface area contributed by atoms with E-state index in [1.165, 1.54) is 24.3 Å². The number of rotatable bonds is 4. The predicted octanol–water partition coefficient (Wildman–Crippen LogP) is 5.49. The zero-order valence-electron chi connectivity index (χ0n) is 11.5. The summed E-state index contributed by atoms with van der Waals surface area (Å²) in [4.78, 5) is 12.5. The Morgan fingerprint density at radius 3 is 2.57 bits per heavy atom. The summed E-state index contributed by atoms with van der Waals surface area (Å²) in [5.74, 6) is -2.27. The van der Waals surface area contributed by atoms with Crippen LogP contribution >= 0.6 is 27.7 Å². The van der Waals surface area contributed by atoms with Crippen LogP contribution in [0.3, 0.4) is 0 Å². The second-order valence-corrected chi connectivity index (χ2v) is 6.35. The summed E-state index contributed by atoms with van der Waals surface area (Å²) in [5, 5.41) is 2.51. The number of hydrogen-bond acceptors (Lipinski definition) is 2. The minimum atomic E-state index is -4.31. The zero-order chi connectivity index (χ0) is 17.0.